The van der Waals surface area contributed by atoms with Crippen LogP contribution >= 0.6 is 0 Å². The van der Waals surface area contributed by atoms with Gasteiger partial charge in [-0.25, -0.2) is 4.39 Å². The largest absolute Gasteiger partial charge is 0.494 e. The van der Waals surface area contributed by atoms with E-state index in [1.807, 2.05) is 6.07 Å². The molecule has 0 aromatic heterocycles. The van der Waals surface area contributed by atoms with Crippen LogP contribution in [-0.2, 0) is 11.3 Å². The molecule has 0 fully saturated rings. The third kappa shape index (κ3) is 6.05. The van der Waals surface area contributed by atoms with Gasteiger partial charge in [-0.1, -0.05) is 30.3 Å². The summed E-state index contributed by atoms with van der Waals surface area (Å²) >= 11 is 0. The number of hydrogen-bond acceptors (Lipinski definition) is 4. The number of nitrogens with zero attached hydrogens (tertiary/aromatic N) is 1. The monoisotopic (exact) mass is 422 g/mol. The van der Waals surface area contributed by atoms with Gasteiger partial charge in [0.25, 0.3) is 11.8 Å². The van der Waals surface area contributed by atoms with Crippen molar-refractivity contribution in [1.29, 1.82) is 0 Å². The minimum atomic E-state index is -0.480. The number of hydrogen-bond donors (Lipinski definition) is 1. The Kier molecular flexibility index (Phi) is 7.22. The van der Waals surface area contributed by atoms with E-state index >= 15 is 0 Å². The van der Waals surface area contributed by atoms with Crippen molar-refractivity contribution in [3.8, 4) is 11.5 Å². The summed E-state index contributed by atoms with van der Waals surface area (Å²) in [5.41, 5.74) is 1.74. The van der Waals surface area contributed by atoms with Crippen molar-refractivity contribution in [2.24, 2.45) is 0 Å². The Morgan fingerprint density at radius 2 is 1.77 bits per heavy atom. The smallest absolute Gasteiger partial charge is 0.260 e. The molecule has 6 nitrogen and oxygen atoms in total. The maximum atomic E-state index is 13.8. The van der Waals surface area contributed by atoms with Crippen LogP contribution in [0.2, 0.25) is 0 Å². The molecule has 2 amide bonds. The molecule has 1 N–H and O–H groups in total. The molecule has 0 saturated heterocycles. The summed E-state index contributed by atoms with van der Waals surface area (Å²) in [6.45, 7) is 0.0432. The first kappa shape index (κ1) is 21.8. The minimum Gasteiger partial charge on any atom is -0.494 e. The van der Waals surface area contributed by atoms with E-state index in [0.29, 0.717) is 22.6 Å². The molecule has 0 saturated carbocycles. The quantitative estimate of drug-likeness (QED) is 0.593. The van der Waals surface area contributed by atoms with Crippen molar-refractivity contribution >= 4 is 17.5 Å². The highest BCUT2D eigenvalue weighted by Gasteiger charge is 2.13. The summed E-state index contributed by atoms with van der Waals surface area (Å²) < 4.78 is 24.3. The lowest BCUT2D eigenvalue weighted by Crippen LogP contribution is -2.31. The number of rotatable bonds is 8. The summed E-state index contributed by atoms with van der Waals surface area (Å²) in [5, 5.41) is 2.80. The number of benzene rings is 3. The Morgan fingerprint density at radius 1 is 1.00 bits per heavy atom. The van der Waals surface area contributed by atoms with Gasteiger partial charge >= 0.3 is 0 Å². The molecule has 160 valence electrons. The van der Waals surface area contributed by atoms with Gasteiger partial charge in [-0.2, -0.15) is 0 Å². The van der Waals surface area contributed by atoms with E-state index < -0.39 is 5.82 Å². The van der Waals surface area contributed by atoms with Crippen molar-refractivity contribution < 1.29 is 23.5 Å². The zero-order valence-electron chi connectivity index (χ0n) is 17.3. The normalized spacial score (nSPS) is 10.3. The van der Waals surface area contributed by atoms with E-state index in [2.05, 4.69) is 5.32 Å². The summed E-state index contributed by atoms with van der Waals surface area (Å²) in [7, 11) is 3.01. The SMILES string of the molecule is COc1ccc(CN(C)C(=O)COc2cccc(NC(=O)c3ccccc3)c2)cc1F. The van der Waals surface area contributed by atoms with Crippen molar-refractivity contribution in [1.82, 2.24) is 4.90 Å². The van der Waals surface area contributed by atoms with Crippen LogP contribution < -0.4 is 14.8 Å². The van der Waals surface area contributed by atoms with E-state index in [-0.39, 0.29) is 30.7 Å². The van der Waals surface area contributed by atoms with Crippen molar-refractivity contribution in [2.75, 3.05) is 26.1 Å². The molecular weight excluding hydrogens is 399 g/mol. The third-order valence-electron chi connectivity index (χ3n) is 4.55. The third-order valence-corrected chi connectivity index (χ3v) is 4.55. The molecular formula is C24H23FN2O4. The highest BCUT2D eigenvalue weighted by molar-refractivity contribution is 6.04. The number of halogens is 1. The van der Waals surface area contributed by atoms with E-state index in [0.717, 1.165) is 0 Å². The van der Waals surface area contributed by atoms with Gasteiger partial charge in [0.2, 0.25) is 0 Å². The summed E-state index contributed by atoms with van der Waals surface area (Å²) in [5.74, 6) is -0.384. The second-order valence-electron chi connectivity index (χ2n) is 6.86. The predicted molar refractivity (Wildman–Crippen MR) is 116 cm³/mol. The minimum absolute atomic E-state index is 0.153. The Balaban J connectivity index is 1.54. The molecule has 0 aliphatic rings. The number of carbonyl (C=O) groups excluding carboxylic acids is 2. The van der Waals surface area contributed by atoms with Gasteiger partial charge in [-0.15, -0.1) is 0 Å². The Bertz CT molecular complexity index is 1060. The molecule has 7 heteroatoms. The molecule has 3 aromatic carbocycles. The van der Waals surface area contributed by atoms with Gasteiger partial charge in [0.05, 0.1) is 7.11 Å². The molecule has 0 unspecified atom stereocenters. The van der Waals surface area contributed by atoms with Crippen LogP contribution in [0.15, 0.2) is 72.8 Å². The molecule has 0 aliphatic heterocycles. The zero-order valence-corrected chi connectivity index (χ0v) is 17.3. The van der Waals surface area contributed by atoms with Crippen LogP contribution in [-0.4, -0.2) is 37.5 Å². The fraction of sp³-hybridized carbons (Fsp3) is 0.167. The highest BCUT2D eigenvalue weighted by atomic mass is 19.1. The first-order chi connectivity index (χ1) is 15.0. The lowest BCUT2D eigenvalue weighted by atomic mass is 10.2. The van der Waals surface area contributed by atoms with Crippen LogP contribution in [0, 0.1) is 5.82 Å². The molecule has 0 radical (unpaired) electrons. The van der Waals surface area contributed by atoms with Crippen molar-refractivity contribution in [3.05, 3.63) is 89.7 Å². The average molecular weight is 422 g/mol. The maximum Gasteiger partial charge on any atom is 0.260 e. The molecule has 0 atom stereocenters. The Labute approximate surface area is 180 Å². The molecule has 0 bridgehead atoms. The lowest BCUT2D eigenvalue weighted by molar-refractivity contribution is -0.132. The average Bonchev–Trinajstić information content (AvgIpc) is 2.78. The van der Waals surface area contributed by atoms with Crippen LogP contribution in [0.25, 0.3) is 0 Å². The number of anilines is 1. The zero-order chi connectivity index (χ0) is 22.2. The van der Waals surface area contributed by atoms with E-state index in [4.69, 9.17) is 9.47 Å². The standard InChI is InChI=1S/C24H23FN2O4/c1-27(15-17-11-12-22(30-2)21(25)13-17)23(28)16-31-20-10-6-9-19(14-20)26-24(29)18-7-4-3-5-8-18/h3-14H,15-16H2,1-2H3,(H,26,29). The maximum absolute atomic E-state index is 13.8. The fourth-order valence-electron chi connectivity index (χ4n) is 2.88. The van der Waals surface area contributed by atoms with E-state index in [1.165, 1.54) is 24.1 Å². The molecule has 0 heterocycles. The lowest BCUT2D eigenvalue weighted by Gasteiger charge is -2.18. The van der Waals surface area contributed by atoms with Gasteiger partial charge in [0, 0.05) is 30.9 Å². The number of carbonyl (C=O) groups is 2. The van der Waals surface area contributed by atoms with Crippen molar-refractivity contribution in [2.45, 2.75) is 6.54 Å². The second kappa shape index (κ2) is 10.2. The van der Waals surface area contributed by atoms with Gasteiger partial charge in [-0.05, 0) is 42.0 Å². The summed E-state index contributed by atoms with van der Waals surface area (Å²) in [6, 6.07) is 20.2. The Morgan fingerprint density at radius 3 is 2.48 bits per heavy atom. The fourth-order valence-corrected chi connectivity index (χ4v) is 2.88. The molecule has 0 spiro atoms. The summed E-state index contributed by atoms with van der Waals surface area (Å²) in [4.78, 5) is 26.1. The van der Waals surface area contributed by atoms with Crippen molar-refractivity contribution in [3.63, 3.8) is 0 Å². The van der Waals surface area contributed by atoms with Crippen LogP contribution in [0.3, 0.4) is 0 Å². The van der Waals surface area contributed by atoms with Crippen LogP contribution in [0.4, 0.5) is 10.1 Å². The van der Waals surface area contributed by atoms with Crippen LogP contribution in [0.5, 0.6) is 11.5 Å². The molecule has 31 heavy (non-hydrogen) atoms. The molecule has 3 rings (SSSR count). The number of likely N-dealkylation sites (N-methyl/N-ethyl adjacent to an activating group) is 1. The van der Waals surface area contributed by atoms with Gasteiger partial charge in [0.15, 0.2) is 18.2 Å². The number of amides is 2. The number of nitrogens with one attached hydrogen (secondary N) is 1. The predicted octanol–water partition coefficient (Wildman–Crippen LogP) is 4.12. The summed E-state index contributed by atoms with van der Waals surface area (Å²) in [6.07, 6.45) is 0. The highest BCUT2D eigenvalue weighted by Crippen LogP contribution is 2.20. The van der Waals surface area contributed by atoms with E-state index in [9.17, 15) is 14.0 Å². The number of ether oxygens (including phenoxy) is 2. The first-order valence-electron chi connectivity index (χ1n) is 9.62. The molecule has 0 aliphatic carbocycles. The van der Waals surface area contributed by atoms with Crippen LogP contribution in [0.1, 0.15) is 15.9 Å². The number of methoxy groups -OCH3 is 1. The van der Waals surface area contributed by atoms with E-state index in [1.54, 1.807) is 61.6 Å². The topological polar surface area (TPSA) is 67.9 Å². The van der Waals surface area contributed by atoms with Gasteiger partial charge < -0.3 is 19.7 Å². The van der Waals surface area contributed by atoms with Gasteiger partial charge in [0.1, 0.15) is 5.75 Å². The molecule has 3 aromatic rings. The Hall–Kier alpha value is -3.87. The first-order valence-corrected chi connectivity index (χ1v) is 9.62. The second-order valence-corrected chi connectivity index (χ2v) is 6.86. The van der Waals surface area contributed by atoms with Gasteiger partial charge in [-0.3, -0.25) is 9.59 Å².